The van der Waals surface area contributed by atoms with Crippen LogP contribution in [0.15, 0.2) is 0 Å². The smallest absolute Gasteiger partial charge is 0.225 e. The van der Waals surface area contributed by atoms with Crippen LogP contribution in [-0.4, -0.2) is 14.8 Å². The fraction of sp³-hybridized carbons (Fsp3) is 0.857. The van der Waals surface area contributed by atoms with Gasteiger partial charge < -0.3 is 0 Å². The second kappa shape index (κ2) is 4.84. The van der Waals surface area contributed by atoms with Crippen molar-refractivity contribution in [1.82, 2.24) is 14.8 Å². The summed E-state index contributed by atoms with van der Waals surface area (Å²) in [5, 5.41) is 9.06. The van der Waals surface area contributed by atoms with E-state index in [2.05, 4.69) is 28.6 Å². The molecule has 4 heteroatoms. The third-order valence-corrected chi connectivity index (χ3v) is 4.85. The van der Waals surface area contributed by atoms with Crippen LogP contribution < -0.4 is 0 Å². The van der Waals surface area contributed by atoms with E-state index in [-0.39, 0.29) is 0 Å². The molecule has 100 valence electrons. The van der Waals surface area contributed by atoms with Crippen LogP contribution in [0, 0.1) is 11.8 Å². The van der Waals surface area contributed by atoms with Crippen LogP contribution in [-0.2, 0) is 0 Å². The minimum absolute atomic E-state index is 0.525. The van der Waals surface area contributed by atoms with Gasteiger partial charge in [-0.15, -0.1) is 10.2 Å². The van der Waals surface area contributed by atoms with Gasteiger partial charge in [0.15, 0.2) is 0 Å². The van der Waals surface area contributed by atoms with Crippen molar-refractivity contribution in [3.8, 4) is 0 Å². The number of halogens is 1. The van der Waals surface area contributed by atoms with Gasteiger partial charge in [-0.3, -0.25) is 4.57 Å². The van der Waals surface area contributed by atoms with Gasteiger partial charge in [-0.25, -0.2) is 0 Å². The first-order chi connectivity index (χ1) is 8.68. The van der Waals surface area contributed by atoms with Crippen molar-refractivity contribution in [3.05, 3.63) is 11.1 Å². The lowest BCUT2D eigenvalue weighted by atomic mass is 9.77. The highest BCUT2D eigenvalue weighted by Gasteiger charge is 2.36. The van der Waals surface area contributed by atoms with E-state index in [0.29, 0.717) is 23.2 Å². The van der Waals surface area contributed by atoms with Crippen molar-refractivity contribution in [2.24, 2.45) is 11.8 Å². The zero-order chi connectivity index (χ0) is 12.7. The SMILES string of the molecule is CC(C)C1CCCCC1n1c(Cl)nnc1C1CC1. The molecule has 1 aromatic rings. The Bertz CT molecular complexity index is 423. The van der Waals surface area contributed by atoms with Crippen LogP contribution in [0.1, 0.15) is 70.2 Å². The van der Waals surface area contributed by atoms with Gasteiger partial charge in [-0.2, -0.15) is 0 Å². The summed E-state index contributed by atoms with van der Waals surface area (Å²) in [6, 6.07) is 0.525. The molecule has 2 aliphatic rings. The van der Waals surface area contributed by atoms with E-state index in [1.54, 1.807) is 0 Å². The van der Waals surface area contributed by atoms with Gasteiger partial charge in [0, 0.05) is 12.0 Å². The first kappa shape index (κ1) is 12.5. The van der Waals surface area contributed by atoms with Crippen LogP contribution in [0.25, 0.3) is 0 Å². The van der Waals surface area contributed by atoms with Crippen LogP contribution in [0.3, 0.4) is 0 Å². The molecule has 0 saturated heterocycles. The molecule has 0 aromatic carbocycles. The van der Waals surface area contributed by atoms with Gasteiger partial charge in [0.05, 0.1) is 0 Å². The summed E-state index contributed by atoms with van der Waals surface area (Å²) >= 11 is 6.31. The van der Waals surface area contributed by atoms with Crippen molar-refractivity contribution >= 4 is 11.6 Å². The van der Waals surface area contributed by atoms with Gasteiger partial charge in [0.1, 0.15) is 5.82 Å². The largest absolute Gasteiger partial charge is 0.298 e. The molecule has 2 atom stereocenters. The lowest BCUT2D eigenvalue weighted by molar-refractivity contribution is 0.181. The first-order valence-electron chi connectivity index (χ1n) is 7.28. The summed E-state index contributed by atoms with van der Waals surface area (Å²) in [5.41, 5.74) is 0. The van der Waals surface area contributed by atoms with Gasteiger partial charge in [0.25, 0.3) is 0 Å². The Balaban J connectivity index is 1.93. The zero-order valence-corrected chi connectivity index (χ0v) is 12.0. The molecule has 0 N–H and O–H groups in total. The van der Waals surface area contributed by atoms with E-state index in [1.807, 2.05) is 0 Å². The molecule has 2 fully saturated rings. The maximum Gasteiger partial charge on any atom is 0.225 e. The van der Waals surface area contributed by atoms with Crippen LogP contribution in [0.5, 0.6) is 0 Å². The van der Waals surface area contributed by atoms with E-state index >= 15 is 0 Å². The van der Waals surface area contributed by atoms with Crippen molar-refractivity contribution in [2.45, 2.75) is 64.3 Å². The monoisotopic (exact) mass is 267 g/mol. The Morgan fingerprint density at radius 3 is 2.50 bits per heavy atom. The van der Waals surface area contributed by atoms with Crippen molar-refractivity contribution in [1.29, 1.82) is 0 Å². The Kier molecular flexibility index (Phi) is 3.35. The highest BCUT2D eigenvalue weighted by atomic mass is 35.5. The van der Waals surface area contributed by atoms with E-state index in [1.165, 1.54) is 38.5 Å². The number of rotatable bonds is 3. The summed E-state index contributed by atoms with van der Waals surface area (Å²) in [4.78, 5) is 0. The third-order valence-electron chi connectivity index (χ3n) is 4.59. The molecule has 2 unspecified atom stereocenters. The molecule has 0 spiro atoms. The minimum Gasteiger partial charge on any atom is -0.298 e. The molecule has 1 aromatic heterocycles. The van der Waals surface area contributed by atoms with Gasteiger partial charge >= 0.3 is 0 Å². The predicted molar refractivity (Wildman–Crippen MR) is 72.8 cm³/mol. The number of hydrogen-bond donors (Lipinski definition) is 0. The molecule has 0 bridgehead atoms. The molecule has 0 radical (unpaired) electrons. The van der Waals surface area contributed by atoms with E-state index in [9.17, 15) is 0 Å². The number of hydrogen-bond acceptors (Lipinski definition) is 2. The lowest BCUT2D eigenvalue weighted by Gasteiger charge is -2.36. The molecule has 3 nitrogen and oxygen atoms in total. The third kappa shape index (κ3) is 2.18. The Labute approximate surface area is 114 Å². The zero-order valence-electron chi connectivity index (χ0n) is 11.3. The molecule has 0 amide bonds. The normalized spacial score (nSPS) is 28.9. The standard InChI is InChI=1S/C14H22ClN3/c1-9(2)11-5-3-4-6-12(11)18-13(10-7-8-10)16-17-14(18)15/h9-12H,3-8H2,1-2H3. The van der Waals surface area contributed by atoms with Crippen molar-refractivity contribution < 1.29 is 0 Å². The Morgan fingerprint density at radius 1 is 1.11 bits per heavy atom. The van der Waals surface area contributed by atoms with Gasteiger partial charge in [-0.1, -0.05) is 26.7 Å². The maximum atomic E-state index is 6.31. The van der Waals surface area contributed by atoms with Crippen molar-refractivity contribution in [2.75, 3.05) is 0 Å². The second-order valence-corrected chi connectivity index (χ2v) is 6.57. The van der Waals surface area contributed by atoms with E-state index < -0.39 is 0 Å². The summed E-state index contributed by atoms with van der Waals surface area (Å²) in [5.74, 6) is 3.21. The topological polar surface area (TPSA) is 30.7 Å². The summed E-state index contributed by atoms with van der Waals surface area (Å²) in [6.45, 7) is 4.66. The average Bonchev–Trinajstić information content (AvgIpc) is 3.13. The average molecular weight is 268 g/mol. The highest BCUT2D eigenvalue weighted by molar-refractivity contribution is 6.28. The summed E-state index contributed by atoms with van der Waals surface area (Å²) in [7, 11) is 0. The second-order valence-electron chi connectivity index (χ2n) is 6.23. The maximum absolute atomic E-state index is 6.31. The van der Waals surface area contributed by atoms with Gasteiger partial charge in [-0.05, 0) is 49.1 Å². The molecule has 1 heterocycles. The Hall–Kier alpha value is -0.570. The molecule has 0 aliphatic heterocycles. The molecule has 18 heavy (non-hydrogen) atoms. The quantitative estimate of drug-likeness (QED) is 0.822. The van der Waals surface area contributed by atoms with Crippen LogP contribution in [0.4, 0.5) is 0 Å². The van der Waals surface area contributed by atoms with E-state index in [0.717, 1.165) is 11.7 Å². The fourth-order valence-electron chi connectivity index (χ4n) is 3.45. The molecular weight excluding hydrogens is 246 g/mol. The molecular formula is C14H22ClN3. The minimum atomic E-state index is 0.525. The Morgan fingerprint density at radius 2 is 1.83 bits per heavy atom. The number of nitrogens with zero attached hydrogens (tertiary/aromatic N) is 3. The van der Waals surface area contributed by atoms with Crippen molar-refractivity contribution in [3.63, 3.8) is 0 Å². The van der Waals surface area contributed by atoms with Crippen LogP contribution >= 0.6 is 11.6 Å². The predicted octanol–water partition coefficient (Wildman–Crippen LogP) is 4.20. The highest BCUT2D eigenvalue weighted by Crippen LogP contribution is 2.45. The van der Waals surface area contributed by atoms with Gasteiger partial charge in [0.2, 0.25) is 5.28 Å². The summed E-state index contributed by atoms with van der Waals surface area (Å²) < 4.78 is 2.27. The molecule has 2 saturated carbocycles. The first-order valence-corrected chi connectivity index (χ1v) is 7.66. The summed E-state index contributed by atoms with van der Waals surface area (Å²) in [6.07, 6.45) is 7.74. The lowest BCUT2D eigenvalue weighted by Crippen LogP contribution is -2.28. The van der Waals surface area contributed by atoms with E-state index in [4.69, 9.17) is 11.6 Å². The fourth-order valence-corrected chi connectivity index (χ4v) is 3.70. The molecule has 3 rings (SSSR count). The molecule has 2 aliphatic carbocycles. The van der Waals surface area contributed by atoms with Crippen LogP contribution in [0.2, 0.25) is 5.28 Å². The number of aromatic nitrogens is 3.